The van der Waals surface area contributed by atoms with E-state index in [0.29, 0.717) is 85.2 Å². The Morgan fingerprint density at radius 1 is 0.655 bits per heavy atom. The summed E-state index contributed by atoms with van der Waals surface area (Å²) in [4.78, 5) is 36.7. The fourth-order valence-corrected chi connectivity index (χ4v) is 7.71. The van der Waals surface area contributed by atoms with Gasteiger partial charge in [-0.1, -0.05) is 60.7 Å². The first-order valence-corrected chi connectivity index (χ1v) is 18.8. The molecule has 0 aliphatic rings. The molecule has 10 nitrogen and oxygen atoms in total. The molecule has 0 aliphatic carbocycles. The minimum atomic E-state index is -1.05. The van der Waals surface area contributed by atoms with Gasteiger partial charge in [-0.25, -0.2) is 19.6 Å². The van der Waals surface area contributed by atoms with E-state index in [-0.39, 0.29) is 5.56 Å². The molecule has 9 aromatic rings. The molecule has 0 bridgehead atoms. The molecule has 0 unspecified atom stereocenters. The van der Waals surface area contributed by atoms with Crippen LogP contribution in [0.5, 0.6) is 11.5 Å². The molecule has 0 saturated carbocycles. The smallest absolute Gasteiger partial charge is 0.344 e. The van der Waals surface area contributed by atoms with Crippen molar-refractivity contribution >= 4 is 61.4 Å². The lowest BCUT2D eigenvalue weighted by Crippen LogP contribution is -2.11. The number of para-hydroxylation sites is 2. The maximum Gasteiger partial charge on any atom is 0.344 e. The lowest BCUT2D eigenvalue weighted by atomic mass is 9.99. The molecule has 0 radical (unpaired) electrons. The zero-order valence-electron chi connectivity index (χ0n) is 32.4. The second-order valence-corrected chi connectivity index (χ2v) is 14.4. The third-order valence-corrected chi connectivity index (χ3v) is 10.6. The molecule has 2 N–H and O–H groups in total. The molecule has 0 spiro atoms. The van der Waals surface area contributed by atoms with Crippen LogP contribution in [0.15, 0.2) is 118 Å². The van der Waals surface area contributed by atoms with Gasteiger partial charge in [-0.2, -0.15) is 0 Å². The van der Waals surface area contributed by atoms with Crippen molar-refractivity contribution in [3.8, 4) is 34.4 Å². The fraction of sp³-hybridized carbons (Fsp3) is 0.125. The van der Waals surface area contributed by atoms with Crippen LogP contribution in [0.1, 0.15) is 48.5 Å². The second-order valence-electron chi connectivity index (χ2n) is 14.4. The van der Waals surface area contributed by atoms with E-state index in [1.807, 2.05) is 113 Å². The summed E-state index contributed by atoms with van der Waals surface area (Å²) in [6.45, 7) is 8.02. The number of rotatable bonds is 9. The highest BCUT2D eigenvalue weighted by Crippen LogP contribution is 2.42. The predicted molar refractivity (Wildman–Crippen MR) is 225 cm³/mol. The molecular weight excluding hydrogens is 731 g/mol. The molecule has 0 amide bonds. The molecule has 286 valence electrons. The predicted octanol–water partition coefficient (Wildman–Crippen LogP) is 11.4. The van der Waals surface area contributed by atoms with Gasteiger partial charge in [0, 0.05) is 22.7 Å². The van der Waals surface area contributed by atoms with Gasteiger partial charge >= 0.3 is 11.9 Å². The van der Waals surface area contributed by atoms with E-state index in [0.717, 1.165) is 38.6 Å². The van der Waals surface area contributed by atoms with Gasteiger partial charge < -0.3 is 28.7 Å². The first kappa shape index (κ1) is 36.2. The number of hydrogen-bond acceptors (Lipinski definition) is 9. The van der Waals surface area contributed by atoms with Gasteiger partial charge in [0.2, 0.25) is 0 Å². The van der Waals surface area contributed by atoms with Crippen LogP contribution in [-0.4, -0.2) is 34.1 Å². The maximum absolute atomic E-state index is 14.2. The number of carbonyl (C=O) groups excluding carboxylic acids is 1. The molecule has 4 heterocycles. The van der Waals surface area contributed by atoms with E-state index >= 15 is 0 Å². The SMILES string of the molecule is COc1c(-c2cc(C(=O)Oc3cccc(CNc4c(-c5cc(C(=O)O)c6c(C)ccc(C)c6n5)oc5ccccc45)c3)c3c(C)ccc(C)c3n2)oc2ccccc12. The van der Waals surface area contributed by atoms with Gasteiger partial charge in [0.05, 0.1) is 40.3 Å². The molecule has 0 fully saturated rings. The number of aryl methyl sites for hydroxylation is 4. The second kappa shape index (κ2) is 14.2. The van der Waals surface area contributed by atoms with Gasteiger partial charge in [0.25, 0.3) is 0 Å². The number of carboxylic acids is 1. The van der Waals surface area contributed by atoms with Gasteiger partial charge in [-0.05, 0) is 104 Å². The Morgan fingerprint density at radius 2 is 1.22 bits per heavy atom. The highest BCUT2D eigenvalue weighted by Gasteiger charge is 2.25. The summed E-state index contributed by atoms with van der Waals surface area (Å²) in [7, 11) is 1.58. The van der Waals surface area contributed by atoms with Crippen LogP contribution < -0.4 is 14.8 Å². The van der Waals surface area contributed by atoms with Crippen molar-refractivity contribution in [1.82, 2.24) is 9.97 Å². The number of carbonyl (C=O) groups is 2. The monoisotopic (exact) mass is 767 g/mol. The summed E-state index contributed by atoms with van der Waals surface area (Å²) >= 11 is 0. The minimum Gasteiger partial charge on any atom is -0.492 e. The van der Waals surface area contributed by atoms with Gasteiger partial charge in [-0.3, -0.25) is 0 Å². The van der Waals surface area contributed by atoms with Crippen molar-refractivity contribution in [2.24, 2.45) is 0 Å². The molecule has 5 aromatic carbocycles. The highest BCUT2D eigenvalue weighted by molar-refractivity contribution is 6.09. The normalized spacial score (nSPS) is 11.5. The largest absolute Gasteiger partial charge is 0.492 e. The van der Waals surface area contributed by atoms with Crippen LogP contribution in [0.25, 0.3) is 66.7 Å². The van der Waals surface area contributed by atoms with Crippen molar-refractivity contribution < 1.29 is 33.0 Å². The number of fused-ring (bicyclic) bond motifs is 4. The van der Waals surface area contributed by atoms with Crippen molar-refractivity contribution in [2.75, 3.05) is 12.4 Å². The van der Waals surface area contributed by atoms with E-state index in [2.05, 4.69) is 5.32 Å². The van der Waals surface area contributed by atoms with E-state index in [4.69, 9.17) is 28.3 Å². The fourth-order valence-electron chi connectivity index (χ4n) is 7.71. The zero-order valence-corrected chi connectivity index (χ0v) is 32.4. The molecule has 10 heteroatoms. The van der Waals surface area contributed by atoms with E-state index in [1.165, 1.54) is 0 Å². The number of pyridine rings is 2. The Morgan fingerprint density at radius 3 is 1.90 bits per heavy atom. The van der Waals surface area contributed by atoms with Crippen molar-refractivity contribution in [2.45, 2.75) is 34.2 Å². The average Bonchev–Trinajstić information content (AvgIpc) is 3.80. The standard InChI is InChI=1S/C48H37N3O7/c1-25-17-19-27(3)41-39(25)33(47(52)53)22-35(50-41)45-43(31-13-6-8-15-37(31)57-45)49-24-29-11-10-12-30(21-29)56-48(54)34-23-36(51-42-28(4)20-18-26(2)40(34)42)46-44(55-5)32-14-7-9-16-38(32)58-46/h6-23,49H,24H2,1-5H3,(H,52,53). The lowest BCUT2D eigenvalue weighted by molar-refractivity contribution is 0.0696. The van der Waals surface area contributed by atoms with Gasteiger partial charge in [0.15, 0.2) is 17.3 Å². The van der Waals surface area contributed by atoms with E-state index in [9.17, 15) is 14.7 Å². The average molecular weight is 768 g/mol. The first-order chi connectivity index (χ1) is 28.1. The third-order valence-electron chi connectivity index (χ3n) is 10.6. The maximum atomic E-state index is 14.2. The van der Waals surface area contributed by atoms with Gasteiger partial charge in [-0.15, -0.1) is 0 Å². The summed E-state index contributed by atoms with van der Waals surface area (Å²) in [5.74, 6) is 0.129. The molecule has 0 aliphatic heterocycles. The summed E-state index contributed by atoms with van der Waals surface area (Å²) in [5, 5.41) is 16.7. The number of esters is 1. The Balaban J connectivity index is 1.06. The number of ether oxygens (including phenoxy) is 2. The van der Waals surface area contributed by atoms with E-state index < -0.39 is 11.9 Å². The summed E-state index contributed by atoms with van der Waals surface area (Å²) in [6, 6.07) is 33.5. The molecule has 0 atom stereocenters. The Labute approximate surface area is 332 Å². The number of hydrogen-bond donors (Lipinski definition) is 2. The van der Waals surface area contributed by atoms with Crippen LogP contribution in [-0.2, 0) is 6.54 Å². The van der Waals surface area contributed by atoms with E-state index in [1.54, 1.807) is 31.4 Å². The molecule has 0 saturated heterocycles. The lowest BCUT2D eigenvalue weighted by Gasteiger charge is -2.14. The highest BCUT2D eigenvalue weighted by atomic mass is 16.5. The summed E-state index contributed by atoms with van der Waals surface area (Å²) in [6.07, 6.45) is 0. The number of nitrogens with one attached hydrogen (secondary N) is 1. The van der Waals surface area contributed by atoms with Crippen molar-refractivity contribution in [1.29, 1.82) is 0 Å². The topological polar surface area (TPSA) is 137 Å². The minimum absolute atomic E-state index is 0.151. The van der Waals surface area contributed by atoms with Crippen molar-refractivity contribution in [3.05, 3.63) is 148 Å². The van der Waals surface area contributed by atoms with Crippen LogP contribution in [0.2, 0.25) is 0 Å². The molecular formula is C48H37N3O7. The number of nitrogens with zero attached hydrogens (tertiary/aromatic N) is 2. The number of furan rings is 2. The Bertz CT molecular complexity index is 3140. The zero-order chi connectivity index (χ0) is 40.2. The van der Waals surface area contributed by atoms with Crippen LogP contribution >= 0.6 is 0 Å². The number of anilines is 1. The van der Waals surface area contributed by atoms with Crippen LogP contribution in [0.3, 0.4) is 0 Å². The Hall–Kier alpha value is -7.46. The van der Waals surface area contributed by atoms with Gasteiger partial charge in [0.1, 0.15) is 28.3 Å². The number of methoxy groups -OCH3 is 1. The molecule has 4 aromatic heterocycles. The third kappa shape index (κ3) is 6.15. The van der Waals surface area contributed by atoms with Crippen LogP contribution in [0, 0.1) is 27.7 Å². The molecule has 58 heavy (non-hydrogen) atoms. The Kier molecular flexibility index (Phi) is 8.89. The number of carboxylic acid groups (broad SMARTS) is 1. The number of aromatic nitrogens is 2. The first-order valence-electron chi connectivity index (χ1n) is 18.8. The summed E-state index contributed by atoms with van der Waals surface area (Å²) in [5.41, 5.74) is 8.82. The summed E-state index contributed by atoms with van der Waals surface area (Å²) < 4.78 is 24.5. The molecule has 9 rings (SSSR count). The van der Waals surface area contributed by atoms with Crippen LogP contribution in [0.4, 0.5) is 5.69 Å². The van der Waals surface area contributed by atoms with Crippen molar-refractivity contribution in [3.63, 3.8) is 0 Å². The number of aromatic carboxylic acids is 1. The number of benzene rings is 5. The quantitative estimate of drug-likeness (QED) is 0.108.